The molecule has 0 aliphatic heterocycles. The van der Waals surface area contributed by atoms with Crippen LogP contribution < -0.4 is 0 Å². The molecule has 18 heavy (non-hydrogen) atoms. The maximum atomic E-state index is 5.67. The predicted octanol–water partition coefficient (Wildman–Crippen LogP) is 4.45. The van der Waals surface area contributed by atoms with Gasteiger partial charge in [-0.25, -0.2) is 0 Å². The third-order valence-electron chi connectivity index (χ3n) is 3.68. The standard InChI is InChI=1S/C16H26O2/c1-4-11-17-13-16(14-18-12-5-2)10-8-7-9-15(16)6-3/h4-5,7-8,11-12,15H,6,9-10,13-14H2,1-3H3. The smallest absolute Gasteiger partial charge is 0.0967 e. The van der Waals surface area contributed by atoms with Crippen LogP contribution in [0.2, 0.25) is 0 Å². The van der Waals surface area contributed by atoms with Gasteiger partial charge in [0.1, 0.15) is 0 Å². The molecule has 0 saturated heterocycles. The Kier molecular flexibility index (Phi) is 6.63. The van der Waals surface area contributed by atoms with Crippen molar-refractivity contribution in [1.82, 2.24) is 0 Å². The lowest BCUT2D eigenvalue weighted by atomic mass is 9.68. The molecule has 102 valence electrons. The summed E-state index contributed by atoms with van der Waals surface area (Å²) >= 11 is 0. The van der Waals surface area contributed by atoms with E-state index in [1.807, 2.05) is 26.0 Å². The zero-order valence-corrected chi connectivity index (χ0v) is 11.9. The SMILES string of the molecule is CC=COCC1(COC=CC)CC=CCC1CC. The molecule has 0 bridgehead atoms. The molecule has 0 fully saturated rings. The predicted molar refractivity (Wildman–Crippen MR) is 76.1 cm³/mol. The van der Waals surface area contributed by atoms with Crippen molar-refractivity contribution in [3.63, 3.8) is 0 Å². The van der Waals surface area contributed by atoms with Crippen LogP contribution in [0, 0.1) is 11.3 Å². The van der Waals surface area contributed by atoms with E-state index in [0.717, 1.165) is 26.1 Å². The molecule has 0 amide bonds. The Bertz CT molecular complexity index is 286. The third-order valence-corrected chi connectivity index (χ3v) is 3.68. The summed E-state index contributed by atoms with van der Waals surface area (Å²) in [5.41, 5.74) is 0.114. The lowest BCUT2D eigenvalue weighted by Crippen LogP contribution is -2.40. The molecule has 0 radical (unpaired) electrons. The number of hydrogen-bond donors (Lipinski definition) is 0. The Labute approximate surface area is 111 Å². The molecule has 2 heteroatoms. The van der Waals surface area contributed by atoms with Gasteiger partial charge in [-0.2, -0.15) is 0 Å². The topological polar surface area (TPSA) is 18.5 Å². The van der Waals surface area contributed by atoms with Gasteiger partial charge in [0.2, 0.25) is 0 Å². The average Bonchev–Trinajstić information content (AvgIpc) is 2.40. The van der Waals surface area contributed by atoms with Crippen molar-refractivity contribution in [1.29, 1.82) is 0 Å². The Hall–Kier alpha value is -1.18. The Morgan fingerprint density at radius 1 is 1.11 bits per heavy atom. The molecular formula is C16H26O2. The van der Waals surface area contributed by atoms with E-state index in [4.69, 9.17) is 9.47 Å². The van der Waals surface area contributed by atoms with E-state index < -0.39 is 0 Å². The fourth-order valence-corrected chi connectivity index (χ4v) is 2.61. The fraction of sp³-hybridized carbons (Fsp3) is 0.625. The van der Waals surface area contributed by atoms with Crippen molar-refractivity contribution in [2.24, 2.45) is 11.3 Å². The summed E-state index contributed by atoms with van der Waals surface area (Å²) in [7, 11) is 0. The minimum atomic E-state index is 0.114. The molecule has 1 aliphatic carbocycles. The quantitative estimate of drug-likeness (QED) is 0.491. The lowest BCUT2D eigenvalue weighted by molar-refractivity contribution is -0.0107. The zero-order chi connectivity index (χ0) is 13.3. The highest BCUT2D eigenvalue weighted by molar-refractivity contribution is 5.02. The highest BCUT2D eigenvalue weighted by Crippen LogP contribution is 2.41. The molecular weight excluding hydrogens is 224 g/mol. The maximum Gasteiger partial charge on any atom is 0.0967 e. The van der Waals surface area contributed by atoms with E-state index in [-0.39, 0.29) is 5.41 Å². The van der Waals surface area contributed by atoms with Crippen molar-refractivity contribution in [2.75, 3.05) is 13.2 Å². The van der Waals surface area contributed by atoms with Gasteiger partial charge in [0.05, 0.1) is 25.7 Å². The molecule has 0 aromatic rings. The van der Waals surface area contributed by atoms with E-state index in [2.05, 4.69) is 19.1 Å². The number of hydrogen-bond acceptors (Lipinski definition) is 2. The van der Waals surface area contributed by atoms with Gasteiger partial charge in [-0.3, -0.25) is 0 Å². The zero-order valence-electron chi connectivity index (χ0n) is 11.9. The van der Waals surface area contributed by atoms with Gasteiger partial charge in [0, 0.05) is 5.41 Å². The van der Waals surface area contributed by atoms with Crippen molar-refractivity contribution < 1.29 is 9.47 Å². The second-order valence-electron chi connectivity index (χ2n) is 4.94. The van der Waals surface area contributed by atoms with Crippen LogP contribution in [0.5, 0.6) is 0 Å². The summed E-state index contributed by atoms with van der Waals surface area (Å²) in [4.78, 5) is 0. The molecule has 0 aromatic carbocycles. The fourth-order valence-electron chi connectivity index (χ4n) is 2.61. The van der Waals surface area contributed by atoms with Crippen molar-refractivity contribution in [3.8, 4) is 0 Å². The maximum absolute atomic E-state index is 5.67. The molecule has 0 N–H and O–H groups in total. The minimum Gasteiger partial charge on any atom is -0.501 e. The summed E-state index contributed by atoms with van der Waals surface area (Å²) < 4.78 is 11.3. The van der Waals surface area contributed by atoms with Crippen LogP contribution in [0.3, 0.4) is 0 Å². The third kappa shape index (κ3) is 3.94. The van der Waals surface area contributed by atoms with Crippen LogP contribution in [0.1, 0.15) is 40.0 Å². The van der Waals surface area contributed by atoms with Crippen LogP contribution >= 0.6 is 0 Å². The molecule has 0 heterocycles. The first-order valence-electron chi connectivity index (χ1n) is 6.89. The summed E-state index contributed by atoms with van der Waals surface area (Å²) in [6.45, 7) is 7.67. The summed E-state index contributed by atoms with van der Waals surface area (Å²) in [5.74, 6) is 0.637. The average molecular weight is 250 g/mol. The largest absolute Gasteiger partial charge is 0.501 e. The van der Waals surface area contributed by atoms with Crippen LogP contribution in [-0.2, 0) is 9.47 Å². The molecule has 0 saturated carbocycles. The van der Waals surface area contributed by atoms with Crippen LogP contribution in [-0.4, -0.2) is 13.2 Å². The first kappa shape index (κ1) is 14.9. The van der Waals surface area contributed by atoms with Gasteiger partial charge in [-0.05, 0) is 32.6 Å². The van der Waals surface area contributed by atoms with Crippen molar-refractivity contribution in [3.05, 3.63) is 36.8 Å². The molecule has 1 aliphatic rings. The summed E-state index contributed by atoms with van der Waals surface area (Å²) in [6, 6.07) is 0. The van der Waals surface area contributed by atoms with Gasteiger partial charge < -0.3 is 9.47 Å². The number of rotatable bonds is 7. The highest BCUT2D eigenvalue weighted by Gasteiger charge is 2.39. The first-order valence-corrected chi connectivity index (χ1v) is 6.89. The van der Waals surface area contributed by atoms with Crippen molar-refractivity contribution >= 4 is 0 Å². The van der Waals surface area contributed by atoms with Crippen LogP contribution in [0.15, 0.2) is 36.8 Å². The first-order chi connectivity index (χ1) is 8.79. The Balaban J connectivity index is 2.73. The highest BCUT2D eigenvalue weighted by atomic mass is 16.5. The van der Waals surface area contributed by atoms with Gasteiger partial charge in [-0.15, -0.1) is 0 Å². The molecule has 2 nitrogen and oxygen atoms in total. The van der Waals surface area contributed by atoms with E-state index in [1.54, 1.807) is 12.5 Å². The van der Waals surface area contributed by atoms with Gasteiger partial charge in [-0.1, -0.05) is 37.6 Å². The summed E-state index contributed by atoms with van der Waals surface area (Å²) in [5, 5.41) is 0. The normalized spacial score (nSPS) is 28.1. The second-order valence-corrected chi connectivity index (χ2v) is 4.94. The molecule has 1 unspecified atom stereocenters. The molecule has 0 spiro atoms. The van der Waals surface area contributed by atoms with E-state index in [1.165, 1.54) is 6.42 Å². The minimum absolute atomic E-state index is 0.114. The van der Waals surface area contributed by atoms with E-state index in [9.17, 15) is 0 Å². The number of ether oxygens (including phenoxy) is 2. The number of allylic oxidation sites excluding steroid dienone is 4. The van der Waals surface area contributed by atoms with Crippen LogP contribution in [0.4, 0.5) is 0 Å². The van der Waals surface area contributed by atoms with E-state index in [0.29, 0.717) is 5.92 Å². The summed E-state index contributed by atoms with van der Waals surface area (Å²) in [6.07, 6.45) is 15.3. The molecule has 1 atom stereocenters. The molecule has 0 aromatic heterocycles. The van der Waals surface area contributed by atoms with Gasteiger partial charge in [0.25, 0.3) is 0 Å². The Morgan fingerprint density at radius 3 is 2.22 bits per heavy atom. The van der Waals surface area contributed by atoms with Crippen molar-refractivity contribution in [2.45, 2.75) is 40.0 Å². The van der Waals surface area contributed by atoms with Crippen LogP contribution in [0.25, 0.3) is 0 Å². The van der Waals surface area contributed by atoms with Gasteiger partial charge >= 0.3 is 0 Å². The second kappa shape index (κ2) is 8.02. The van der Waals surface area contributed by atoms with Gasteiger partial charge in [0.15, 0.2) is 0 Å². The monoisotopic (exact) mass is 250 g/mol. The Morgan fingerprint density at radius 2 is 1.72 bits per heavy atom. The van der Waals surface area contributed by atoms with E-state index >= 15 is 0 Å². The lowest BCUT2D eigenvalue weighted by Gasteiger charge is -2.40. The molecule has 1 rings (SSSR count).